The van der Waals surface area contributed by atoms with E-state index in [1.165, 1.54) is 0 Å². The van der Waals surface area contributed by atoms with Gasteiger partial charge in [0.2, 0.25) is 5.91 Å². The number of amides is 1. The number of halogens is 2. The van der Waals surface area contributed by atoms with Crippen molar-refractivity contribution >= 4 is 30.7 Å². The van der Waals surface area contributed by atoms with Gasteiger partial charge in [-0.15, -0.1) is 24.8 Å². The zero-order chi connectivity index (χ0) is 9.68. The summed E-state index contributed by atoms with van der Waals surface area (Å²) in [5.41, 5.74) is 0. The van der Waals surface area contributed by atoms with Gasteiger partial charge in [0.25, 0.3) is 0 Å². The van der Waals surface area contributed by atoms with Crippen LogP contribution in [0.1, 0.15) is 13.8 Å². The Labute approximate surface area is 104 Å². The molecular weight excluding hydrogens is 237 g/mol. The number of piperazine rings is 1. The molecule has 0 radical (unpaired) electrons. The summed E-state index contributed by atoms with van der Waals surface area (Å²) in [6.45, 7) is 8.55. The maximum atomic E-state index is 11.5. The Morgan fingerprint density at radius 3 is 2.40 bits per heavy atom. The lowest BCUT2D eigenvalue weighted by Gasteiger charge is -2.31. The average molecular weight is 258 g/mol. The predicted molar refractivity (Wildman–Crippen MR) is 67.1 cm³/mol. The normalized spacial score (nSPS) is 18.3. The second-order valence-electron chi connectivity index (χ2n) is 3.36. The number of rotatable bonds is 3. The molecule has 0 aliphatic carbocycles. The van der Waals surface area contributed by atoms with Crippen molar-refractivity contribution in [3.8, 4) is 0 Å². The monoisotopic (exact) mass is 257 g/mol. The van der Waals surface area contributed by atoms with Crippen molar-refractivity contribution in [3.63, 3.8) is 0 Å². The molecule has 0 unspecified atom stereocenters. The third-order valence-electron chi connectivity index (χ3n) is 2.43. The highest BCUT2D eigenvalue weighted by molar-refractivity contribution is 5.85. The van der Waals surface area contributed by atoms with E-state index in [0.29, 0.717) is 0 Å². The van der Waals surface area contributed by atoms with Crippen molar-refractivity contribution in [2.75, 3.05) is 32.7 Å². The molecule has 0 aromatic carbocycles. The molecule has 0 aromatic heterocycles. The molecule has 1 saturated heterocycles. The van der Waals surface area contributed by atoms with Crippen LogP contribution in [0.25, 0.3) is 0 Å². The van der Waals surface area contributed by atoms with Gasteiger partial charge in [-0.2, -0.15) is 0 Å². The maximum absolute atomic E-state index is 11.5. The molecule has 2 N–H and O–H groups in total. The van der Waals surface area contributed by atoms with Crippen LogP contribution in [0.5, 0.6) is 0 Å². The van der Waals surface area contributed by atoms with Crippen molar-refractivity contribution in [2.45, 2.75) is 19.9 Å². The van der Waals surface area contributed by atoms with Crippen LogP contribution in [0.2, 0.25) is 0 Å². The fraction of sp³-hybridized carbons (Fsp3) is 0.889. The molecule has 1 fully saturated rings. The Kier molecular flexibility index (Phi) is 10.7. The molecule has 1 aliphatic rings. The van der Waals surface area contributed by atoms with Gasteiger partial charge in [0, 0.05) is 32.7 Å². The molecule has 1 rings (SSSR count). The minimum atomic E-state index is 0. The number of hydrogen-bond acceptors (Lipinski definition) is 3. The number of nitrogens with one attached hydrogen (secondary N) is 2. The van der Waals surface area contributed by atoms with Gasteiger partial charge in [-0.05, 0) is 13.8 Å². The van der Waals surface area contributed by atoms with Gasteiger partial charge in [-0.3, -0.25) is 9.69 Å². The van der Waals surface area contributed by atoms with E-state index in [0.717, 1.165) is 32.7 Å². The number of carbonyl (C=O) groups is 1. The topological polar surface area (TPSA) is 44.4 Å². The van der Waals surface area contributed by atoms with E-state index < -0.39 is 0 Å². The first-order chi connectivity index (χ1) is 6.25. The van der Waals surface area contributed by atoms with Crippen molar-refractivity contribution < 1.29 is 4.79 Å². The molecule has 0 bridgehead atoms. The summed E-state index contributed by atoms with van der Waals surface area (Å²) in [5, 5.41) is 6.11. The Hall–Kier alpha value is -0.0300. The molecule has 15 heavy (non-hydrogen) atoms. The zero-order valence-corrected chi connectivity index (χ0v) is 10.9. The Morgan fingerprint density at radius 1 is 1.40 bits per heavy atom. The van der Waals surface area contributed by atoms with Crippen LogP contribution < -0.4 is 10.6 Å². The Bertz CT molecular complexity index is 175. The average Bonchev–Trinajstić information content (AvgIpc) is 2.18. The maximum Gasteiger partial charge on any atom is 0.237 e. The van der Waals surface area contributed by atoms with Crippen LogP contribution in [-0.2, 0) is 4.79 Å². The van der Waals surface area contributed by atoms with Gasteiger partial charge in [0.1, 0.15) is 0 Å². The van der Waals surface area contributed by atoms with Gasteiger partial charge in [0.15, 0.2) is 0 Å². The van der Waals surface area contributed by atoms with Crippen LogP contribution in [-0.4, -0.2) is 49.6 Å². The highest BCUT2D eigenvalue weighted by Gasteiger charge is 2.21. The first kappa shape index (κ1) is 17.4. The molecular formula is C9H21Cl2N3O. The zero-order valence-electron chi connectivity index (χ0n) is 9.28. The second kappa shape index (κ2) is 9.21. The molecule has 4 nitrogen and oxygen atoms in total. The van der Waals surface area contributed by atoms with Gasteiger partial charge < -0.3 is 10.6 Å². The highest BCUT2D eigenvalue weighted by Crippen LogP contribution is 2.00. The van der Waals surface area contributed by atoms with Gasteiger partial charge in [0.05, 0.1) is 6.04 Å². The quantitative estimate of drug-likeness (QED) is 0.763. The van der Waals surface area contributed by atoms with Crippen molar-refractivity contribution in [2.24, 2.45) is 0 Å². The van der Waals surface area contributed by atoms with Crippen LogP contribution in [0.15, 0.2) is 0 Å². The lowest BCUT2D eigenvalue weighted by Crippen LogP contribution is -2.52. The van der Waals surface area contributed by atoms with E-state index in [4.69, 9.17) is 0 Å². The summed E-state index contributed by atoms with van der Waals surface area (Å²) in [7, 11) is 0. The smallest absolute Gasteiger partial charge is 0.237 e. The summed E-state index contributed by atoms with van der Waals surface area (Å²) < 4.78 is 0. The van der Waals surface area contributed by atoms with Crippen LogP contribution in [0.4, 0.5) is 0 Å². The largest absolute Gasteiger partial charge is 0.355 e. The summed E-state index contributed by atoms with van der Waals surface area (Å²) >= 11 is 0. The minimum Gasteiger partial charge on any atom is -0.355 e. The number of likely N-dealkylation sites (N-methyl/N-ethyl adjacent to an activating group) is 1. The van der Waals surface area contributed by atoms with Crippen molar-refractivity contribution in [1.82, 2.24) is 15.5 Å². The van der Waals surface area contributed by atoms with Gasteiger partial charge in [-0.1, -0.05) is 0 Å². The fourth-order valence-corrected chi connectivity index (χ4v) is 1.56. The molecule has 1 aliphatic heterocycles. The lowest BCUT2D eigenvalue weighted by molar-refractivity contribution is -0.126. The Balaban J connectivity index is 0. The molecule has 1 atom stereocenters. The fourth-order valence-electron chi connectivity index (χ4n) is 1.56. The van der Waals surface area contributed by atoms with E-state index in [1.807, 2.05) is 13.8 Å². The highest BCUT2D eigenvalue weighted by atomic mass is 35.5. The second-order valence-corrected chi connectivity index (χ2v) is 3.36. The number of carbonyl (C=O) groups excluding carboxylic acids is 1. The van der Waals surface area contributed by atoms with E-state index in [9.17, 15) is 4.79 Å². The summed E-state index contributed by atoms with van der Waals surface area (Å²) in [6.07, 6.45) is 0. The van der Waals surface area contributed by atoms with E-state index >= 15 is 0 Å². The molecule has 1 heterocycles. The van der Waals surface area contributed by atoms with Gasteiger partial charge >= 0.3 is 0 Å². The lowest BCUT2D eigenvalue weighted by atomic mass is 10.2. The number of hydrogen-bond donors (Lipinski definition) is 2. The van der Waals surface area contributed by atoms with Crippen molar-refractivity contribution in [1.29, 1.82) is 0 Å². The molecule has 92 valence electrons. The van der Waals surface area contributed by atoms with E-state index in [2.05, 4.69) is 15.5 Å². The molecule has 6 heteroatoms. The molecule has 0 aromatic rings. The van der Waals surface area contributed by atoms with Crippen LogP contribution in [0.3, 0.4) is 0 Å². The van der Waals surface area contributed by atoms with Crippen LogP contribution in [0, 0.1) is 0 Å². The summed E-state index contributed by atoms with van der Waals surface area (Å²) in [4.78, 5) is 13.7. The molecule has 0 saturated carbocycles. The molecule has 0 spiro atoms. The Morgan fingerprint density at radius 2 is 1.93 bits per heavy atom. The third-order valence-corrected chi connectivity index (χ3v) is 2.43. The minimum absolute atomic E-state index is 0. The van der Waals surface area contributed by atoms with Gasteiger partial charge in [-0.25, -0.2) is 0 Å². The summed E-state index contributed by atoms with van der Waals surface area (Å²) in [6, 6.07) is 0.0158. The standard InChI is InChI=1S/C9H19N3O.2ClH/c1-3-11-9(13)8(2)12-6-4-10-5-7-12;;/h8,10H,3-7H2,1-2H3,(H,11,13);2*1H/t8-;;/m0../s1. The first-order valence-electron chi connectivity index (χ1n) is 4.98. The van der Waals surface area contributed by atoms with Crippen molar-refractivity contribution in [3.05, 3.63) is 0 Å². The predicted octanol–water partition coefficient (Wildman–Crippen LogP) is 0.260. The SMILES string of the molecule is CCNC(=O)[C@H](C)N1CCNCC1.Cl.Cl. The third kappa shape index (κ3) is 5.56. The van der Waals surface area contributed by atoms with E-state index in [1.54, 1.807) is 0 Å². The van der Waals surface area contributed by atoms with E-state index in [-0.39, 0.29) is 36.8 Å². The number of nitrogens with zero attached hydrogens (tertiary/aromatic N) is 1. The first-order valence-corrected chi connectivity index (χ1v) is 4.98. The summed E-state index contributed by atoms with van der Waals surface area (Å²) in [5.74, 6) is 0.143. The molecule has 1 amide bonds. The van der Waals surface area contributed by atoms with Crippen LogP contribution >= 0.6 is 24.8 Å².